The number of hydrogen-bond acceptors (Lipinski definition) is 9. The number of ether oxygens (including phenoxy) is 1. The van der Waals surface area contributed by atoms with Gasteiger partial charge in [-0.15, -0.1) is 21.5 Å². The summed E-state index contributed by atoms with van der Waals surface area (Å²) >= 11 is 3.19. The molecule has 0 saturated carbocycles. The van der Waals surface area contributed by atoms with Gasteiger partial charge in [0.1, 0.15) is 22.7 Å². The SMILES string of the molecule is COc1cnc2c(Sc3ccc(Nc4nnc(-c5cscn5)c5ccccc45)cc3)ccnc2c1. The summed E-state index contributed by atoms with van der Waals surface area (Å²) in [6, 6.07) is 20.2. The van der Waals surface area contributed by atoms with E-state index in [0.29, 0.717) is 11.6 Å². The van der Waals surface area contributed by atoms with E-state index in [1.807, 2.05) is 53.9 Å². The van der Waals surface area contributed by atoms with Crippen LogP contribution in [0.4, 0.5) is 11.5 Å². The van der Waals surface area contributed by atoms with Crippen LogP contribution in [0.3, 0.4) is 0 Å². The number of nitrogens with one attached hydrogen (secondary N) is 1. The van der Waals surface area contributed by atoms with E-state index in [1.54, 1.807) is 48.1 Å². The third-order valence-electron chi connectivity index (χ3n) is 5.46. The van der Waals surface area contributed by atoms with Gasteiger partial charge in [0.25, 0.3) is 0 Å². The average molecular weight is 495 g/mol. The van der Waals surface area contributed by atoms with Gasteiger partial charge in [-0.1, -0.05) is 36.0 Å². The molecule has 4 aromatic heterocycles. The van der Waals surface area contributed by atoms with Gasteiger partial charge in [-0.2, -0.15) is 0 Å². The largest absolute Gasteiger partial charge is 0.495 e. The molecule has 0 aliphatic heterocycles. The maximum Gasteiger partial charge on any atom is 0.161 e. The molecule has 0 unspecified atom stereocenters. The Bertz CT molecular complexity index is 1640. The summed E-state index contributed by atoms with van der Waals surface area (Å²) in [7, 11) is 1.63. The fourth-order valence-corrected chi connectivity index (χ4v) is 5.21. The van der Waals surface area contributed by atoms with Crippen molar-refractivity contribution < 1.29 is 4.74 Å². The minimum absolute atomic E-state index is 0.692. The van der Waals surface area contributed by atoms with Crippen LogP contribution in [-0.2, 0) is 0 Å². The van der Waals surface area contributed by atoms with Crippen LogP contribution in [-0.4, -0.2) is 32.3 Å². The van der Waals surface area contributed by atoms with Crippen LogP contribution in [0.5, 0.6) is 5.75 Å². The minimum atomic E-state index is 0.692. The van der Waals surface area contributed by atoms with Crippen molar-refractivity contribution >= 4 is 56.4 Å². The van der Waals surface area contributed by atoms with Crippen LogP contribution in [0.1, 0.15) is 0 Å². The summed E-state index contributed by atoms with van der Waals surface area (Å²) in [5, 5.41) is 16.3. The first-order valence-corrected chi connectivity index (χ1v) is 12.5. The summed E-state index contributed by atoms with van der Waals surface area (Å²) in [4.78, 5) is 15.5. The highest BCUT2D eigenvalue weighted by Crippen LogP contribution is 2.34. The van der Waals surface area contributed by atoms with Crippen LogP contribution in [0, 0.1) is 0 Å². The second kappa shape index (κ2) is 9.28. The molecule has 6 aromatic rings. The predicted molar refractivity (Wildman–Crippen MR) is 141 cm³/mol. The molecule has 0 atom stereocenters. The van der Waals surface area contributed by atoms with Gasteiger partial charge < -0.3 is 10.1 Å². The number of methoxy groups -OCH3 is 1. The highest BCUT2D eigenvalue weighted by atomic mass is 32.2. The van der Waals surface area contributed by atoms with Gasteiger partial charge in [-0.3, -0.25) is 4.98 Å². The zero-order chi connectivity index (χ0) is 23.6. The number of nitrogens with zero attached hydrogens (tertiary/aromatic N) is 5. The van der Waals surface area contributed by atoms with Crippen molar-refractivity contribution in [2.24, 2.45) is 0 Å². The number of pyridine rings is 2. The van der Waals surface area contributed by atoms with Crippen LogP contribution in [0.15, 0.2) is 93.7 Å². The van der Waals surface area contributed by atoms with Crippen molar-refractivity contribution in [1.82, 2.24) is 25.1 Å². The summed E-state index contributed by atoms with van der Waals surface area (Å²) in [5.74, 6) is 1.40. The molecule has 170 valence electrons. The maximum absolute atomic E-state index is 5.27. The standard InChI is InChI=1S/C26H18N6OS2/c1-33-17-12-21-25(28-13-17)23(10-11-27-21)35-18-8-6-16(7-9-18)30-26-20-5-3-2-4-19(20)24(31-32-26)22-14-34-15-29-22/h2-15H,1H3,(H,30,32). The Kier molecular flexibility index (Phi) is 5.69. The topological polar surface area (TPSA) is 85.7 Å². The van der Waals surface area contributed by atoms with Gasteiger partial charge in [-0.25, -0.2) is 9.97 Å². The number of anilines is 2. The van der Waals surface area contributed by atoms with Crippen molar-refractivity contribution in [3.05, 3.63) is 83.9 Å². The van der Waals surface area contributed by atoms with E-state index in [9.17, 15) is 0 Å². The average Bonchev–Trinajstić information content (AvgIpc) is 3.45. The summed E-state index contributed by atoms with van der Waals surface area (Å²) in [5.41, 5.74) is 6.01. The quantitative estimate of drug-likeness (QED) is 0.277. The molecule has 9 heteroatoms. The molecular formula is C26H18N6OS2. The molecule has 0 fully saturated rings. The normalized spacial score (nSPS) is 11.1. The summed E-state index contributed by atoms with van der Waals surface area (Å²) in [6.45, 7) is 0. The zero-order valence-corrected chi connectivity index (χ0v) is 20.2. The van der Waals surface area contributed by atoms with Gasteiger partial charge in [0.2, 0.25) is 0 Å². The Morgan fingerprint density at radius 1 is 0.914 bits per heavy atom. The lowest BCUT2D eigenvalue weighted by atomic mass is 10.1. The molecule has 7 nitrogen and oxygen atoms in total. The van der Waals surface area contributed by atoms with E-state index in [2.05, 4.69) is 42.6 Å². The molecule has 0 amide bonds. The van der Waals surface area contributed by atoms with Gasteiger partial charge in [0, 0.05) is 43.9 Å². The smallest absolute Gasteiger partial charge is 0.161 e. The molecule has 0 bridgehead atoms. The molecule has 0 radical (unpaired) electrons. The number of aromatic nitrogens is 5. The highest BCUT2D eigenvalue weighted by molar-refractivity contribution is 7.99. The maximum atomic E-state index is 5.27. The highest BCUT2D eigenvalue weighted by Gasteiger charge is 2.13. The Morgan fingerprint density at radius 2 is 1.77 bits per heavy atom. The fraction of sp³-hybridized carbons (Fsp3) is 0.0385. The summed E-state index contributed by atoms with van der Waals surface area (Å²) in [6.07, 6.45) is 3.51. The van der Waals surface area contributed by atoms with Crippen LogP contribution >= 0.6 is 23.1 Å². The number of rotatable bonds is 6. The van der Waals surface area contributed by atoms with E-state index < -0.39 is 0 Å². The van der Waals surface area contributed by atoms with E-state index in [0.717, 1.165) is 48.7 Å². The molecule has 0 spiro atoms. The Balaban J connectivity index is 1.26. The Morgan fingerprint density at radius 3 is 2.57 bits per heavy atom. The summed E-state index contributed by atoms with van der Waals surface area (Å²) < 4.78 is 5.27. The lowest BCUT2D eigenvalue weighted by molar-refractivity contribution is 0.413. The molecule has 6 rings (SSSR count). The molecular weight excluding hydrogens is 476 g/mol. The van der Waals surface area contributed by atoms with Gasteiger partial charge >= 0.3 is 0 Å². The van der Waals surface area contributed by atoms with Crippen molar-refractivity contribution in [2.75, 3.05) is 12.4 Å². The first kappa shape index (κ1) is 21.5. The van der Waals surface area contributed by atoms with E-state index in [1.165, 1.54) is 0 Å². The lowest BCUT2D eigenvalue weighted by Gasteiger charge is -2.11. The number of benzene rings is 2. The van der Waals surface area contributed by atoms with E-state index in [4.69, 9.17) is 4.74 Å². The minimum Gasteiger partial charge on any atom is -0.495 e. The first-order chi connectivity index (χ1) is 17.3. The Hall–Kier alpha value is -4.08. The number of thiazole rings is 1. The fourth-order valence-electron chi connectivity index (χ4n) is 3.77. The van der Waals surface area contributed by atoms with Crippen molar-refractivity contribution in [2.45, 2.75) is 9.79 Å². The molecule has 2 aromatic carbocycles. The monoisotopic (exact) mass is 494 g/mol. The molecule has 0 saturated heterocycles. The van der Waals surface area contributed by atoms with Gasteiger partial charge in [0.15, 0.2) is 5.82 Å². The third kappa shape index (κ3) is 4.27. The molecule has 1 N–H and O–H groups in total. The third-order valence-corrected chi connectivity index (χ3v) is 7.10. The first-order valence-electron chi connectivity index (χ1n) is 10.8. The molecule has 35 heavy (non-hydrogen) atoms. The van der Waals surface area contributed by atoms with Crippen LogP contribution < -0.4 is 10.1 Å². The van der Waals surface area contributed by atoms with Crippen LogP contribution in [0.2, 0.25) is 0 Å². The van der Waals surface area contributed by atoms with Crippen molar-refractivity contribution in [3.63, 3.8) is 0 Å². The van der Waals surface area contributed by atoms with Gasteiger partial charge in [-0.05, 0) is 30.3 Å². The number of hydrogen-bond donors (Lipinski definition) is 1. The molecule has 0 aliphatic carbocycles. The molecule has 4 heterocycles. The van der Waals surface area contributed by atoms with E-state index >= 15 is 0 Å². The second-order valence-corrected chi connectivity index (χ2v) is 9.45. The second-order valence-electron chi connectivity index (χ2n) is 7.62. The lowest BCUT2D eigenvalue weighted by Crippen LogP contribution is -1.99. The zero-order valence-electron chi connectivity index (χ0n) is 18.5. The van der Waals surface area contributed by atoms with Crippen molar-refractivity contribution in [1.29, 1.82) is 0 Å². The Labute approximate surface area is 209 Å². The van der Waals surface area contributed by atoms with Crippen molar-refractivity contribution in [3.8, 4) is 17.1 Å². The molecule has 0 aliphatic rings. The number of fused-ring (bicyclic) bond motifs is 2. The van der Waals surface area contributed by atoms with Gasteiger partial charge in [0.05, 0.1) is 24.3 Å². The van der Waals surface area contributed by atoms with Crippen LogP contribution in [0.25, 0.3) is 33.2 Å². The predicted octanol–water partition coefficient (Wildman–Crippen LogP) is 6.60. The van der Waals surface area contributed by atoms with E-state index in [-0.39, 0.29) is 0 Å².